The van der Waals surface area contributed by atoms with Gasteiger partial charge in [0, 0.05) is 25.7 Å². The number of rotatable bonds is 4. The van der Waals surface area contributed by atoms with Crippen molar-refractivity contribution >= 4 is 0 Å². The van der Waals surface area contributed by atoms with Crippen molar-refractivity contribution in [1.82, 2.24) is 4.90 Å². The first-order valence-electron chi connectivity index (χ1n) is 7.57. The van der Waals surface area contributed by atoms with E-state index in [2.05, 4.69) is 49.9 Å². The standard InChI is InChI=1S/C17H28N2/c1-4-6-14-7-5-8-15(11-14)12-19-10-9-16(18)17(2,3)13-19/h5,7-8,11,16H,4,6,9-10,12-13,18H2,1-3H3. The number of nitrogens with zero attached hydrogens (tertiary/aromatic N) is 1. The van der Waals surface area contributed by atoms with Crippen molar-refractivity contribution in [1.29, 1.82) is 0 Å². The van der Waals surface area contributed by atoms with Crippen LogP contribution in [0.2, 0.25) is 0 Å². The summed E-state index contributed by atoms with van der Waals surface area (Å²) in [6.07, 6.45) is 3.51. The van der Waals surface area contributed by atoms with Gasteiger partial charge < -0.3 is 5.73 Å². The SMILES string of the molecule is CCCc1cccc(CN2CCC(N)C(C)(C)C2)c1. The van der Waals surface area contributed by atoms with E-state index < -0.39 is 0 Å². The Morgan fingerprint density at radius 1 is 1.32 bits per heavy atom. The van der Waals surface area contributed by atoms with E-state index in [9.17, 15) is 0 Å². The summed E-state index contributed by atoms with van der Waals surface area (Å²) in [4.78, 5) is 2.55. The number of hydrogen-bond acceptors (Lipinski definition) is 2. The third kappa shape index (κ3) is 3.80. The number of piperidine rings is 1. The zero-order valence-electron chi connectivity index (χ0n) is 12.7. The number of nitrogens with two attached hydrogens (primary N) is 1. The van der Waals surface area contributed by atoms with Gasteiger partial charge in [0.15, 0.2) is 0 Å². The van der Waals surface area contributed by atoms with Crippen LogP contribution in [0.15, 0.2) is 24.3 Å². The van der Waals surface area contributed by atoms with Crippen LogP contribution in [0.25, 0.3) is 0 Å². The molecule has 1 unspecified atom stereocenters. The summed E-state index contributed by atoms with van der Waals surface area (Å²) in [6, 6.07) is 9.39. The van der Waals surface area contributed by atoms with Crippen molar-refractivity contribution in [3.8, 4) is 0 Å². The summed E-state index contributed by atoms with van der Waals surface area (Å²) >= 11 is 0. The maximum atomic E-state index is 6.21. The monoisotopic (exact) mass is 260 g/mol. The van der Waals surface area contributed by atoms with Crippen molar-refractivity contribution in [2.24, 2.45) is 11.1 Å². The third-order valence-corrected chi connectivity index (χ3v) is 4.33. The van der Waals surface area contributed by atoms with Gasteiger partial charge in [0.2, 0.25) is 0 Å². The zero-order valence-corrected chi connectivity index (χ0v) is 12.7. The van der Waals surface area contributed by atoms with Gasteiger partial charge in [-0.25, -0.2) is 0 Å². The smallest absolute Gasteiger partial charge is 0.0234 e. The molecule has 0 amide bonds. The minimum Gasteiger partial charge on any atom is -0.327 e. The minimum atomic E-state index is 0.235. The molecule has 2 rings (SSSR count). The second-order valence-electron chi connectivity index (χ2n) is 6.66. The van der Waals surface area contributed by atoms with E-state index in [1.807, 2.05) is 0 Å². The van der Waals surface area contributed by atoms with Crippen molar-refractivity contribution in [2.45, 2.75) is 52.6 Å². The van der Waals surface area contributed by atoms with Crippen LogP contribution in [0, 0.1) is 5.41 Å². The molecule has 0 aliphatic carbocycles. The van der Waals surface area contributed by atoms with Gasteiger partial charge in [-0.05, 0) is 29.4 Å². The Hall–Kier alpha value is -0.860. The Labute approximate surface area is 118 Å². The van der Waals surface area contributed by atoms with Gasteiger partial charge in [0.05, 0.1) is 0 Å². The van der Waals surface area contributed by atoms with Crippen LogP contribution in [-0.4, -0.2) is 24.0 Å². The molecule has 1 aliphatic heterocycles. The molecule has 0 spiro atoms. The van der Waals surface area contributed by atoms with Crippen molar-refractivity contribution in [3.63, 3.8) is 0 Å². The molecule has 1 aromatic rings. The molecule has 2 nitrogen and oxygen atoms in total. The van der Waals surface area contributed by atoms with Crippen molar-refractivity contribution in [3.05, 3.63) is 35.4 Å². The molecule has 1 saturated heterocycles. The predicted octanol–water partition coefficient (Wildman–Crippen LogP) is 3.20. The third-order valence-electron chi connectivity index (χ3n) is 4.33. The number of hydrogen-bond donors (Lipinski definition) is 1. The fourth-order valence-corrected chi connectivity index (χ4v) is 3.05. The summed E-state index contributed by atoms with van der Waals surface area (Å²) in [5.74, 6) is 0. The minimum absolute atomic E-state index is 0.235. The molecule has 2 heteroatoms. The Balaban J connectivity index is 1.99. The largest absolute Gasteiger partial charge is 0.327 e. The fraction of sp³-hybridized carbons (Fsp3) is 0.647. The van der Waals surface area contributed by atoms with Crippen LogP contribution in [0.4, 0.5) is 0 Å². The Morgan fingerprint density at radius 2 is 2.05 bits per heavy atom. The second kappa shape index (κ2) is 6.06. The van der Waals surface area contributed by atoms with Crippen LogP contribution in [0.1, 0.15) is 44.7 Å². The molecule has 2 N–H and O–H groups in total. The topological polar surface area (TPSA) is 29.3 Å². The first-order valence-corrected chi connectivity index (χ1v) is 7.57. The molecule has 19 heavy (non-hydrogen) atoms. The maximum absolute atomic E-state index is 6.21. The highest BCUT2D eigenvalue weighted by atomic mass is 15.1. The van der Waals surface area contributed by atoms with Gasteiger partial charge in [0.25, 0.3) is 0 Å². The van der Waals surface area contributed by atoms with Gasteiger partial charge in [-0.2, -0.15) is 0 Å². The van der Waals surface area contributed by atoms with Crippen LogP contribution in [0.3, 0.4) is 0 Å². The summed E-state index contributed by atoms with van der Waals surface area (Å²) in [6.45, 7) is 10.1. The normalized spacial score (nSPS) is 23.5. The molecule has 1 heterocycles. The second-order valence-corrected chi connectivity index (χ2v) is 6.66. The summed E-state index contributed by atoms with van der Waals surface area (Å²) in [5.41, 5.74) is 9.35. The summed E-state index contributed by atoms with van der Waals surface area (Å²) in [5, 5.41) is 0. The van der Waals surface area contributed by atoms with E-state index in [1.165, 1.54) is 24.0 Å². The molecule has 1 aliphatic rings. The van der Waals surface area contributed by atoms with Crippen molar-refractivity contribution in [2.75, 3.05) is 13.1 Å². The highest BCUT2D eigenvalue weighted by Gasteiger charge is 2.33. The molecule has 1 fully saturated rings. The highest BCUT2D eigenvalue weighted by molar-refractivity contribution is 5.23. The number of likely N-dealkylation sites (tertiary alicyclic amines) is 1. The lowest BCUT2D eigenvalue weighted by molar-refractivity contribution is 0.0899. The molecule has 1 aromatic carbocycles. The predicted molar refractivity (Wildman–Crippen MR) is 82.1 cm³/mol. The van der Waals surface area contributed by atoms with Crippen LogP contribution in [0.5, 0.6) is 0 Å². The quantitative estimate of drug-likeness (QED) is 0.901. The number of aryl methyl sites for hydroxylation is 1. The Morgan fingerprint density at radius 3 is 2.74 bits per heavy atom. The van der Waals surface area contributed by atoms with Gasteiger partial charge >= 0.3 is 0 Å². The lowest BCUT2D eigenvalue weighted by Gasteiger charge is -2.42. The summed E-state index contributed by atoms with van der Waals surface area (Å²) in [7, 11) is 0. The van der Waals surface area contributed by atoms with E-state index in [0.29, 0.717) is 6.04 Å². The fourth-order valence-electron chi connectivity index (χ4n) is 3.05. The molecular formula is C17H28N2. The van der Waals surface area contributed by atoms with E-state index in [1.54, 1.807) is 0 Å². The lowest BCUT2D eigenvalue weighted by Crippen LogP contribution is -2.52. The number of benzene rings is 1. The van der Waals surface area contributed by atoms with Crippen LogP contribution in [-0.2, 0) is 13.0 Å². The maximum Gasteiger partial charge on any atom is 0.0234 e. The van der Waals surface area contributed by atoms with E-state index in [4.69, 9.17) is 5.73 Å². The average Bonchev–Trinajstić information content (AvgIpc) is 2.34. The van der Waals surface area contributed by atoms with E-state index in [0.717, 1.165) is 26.1 Å². The Kier molecular flexibility index (Phi) is 4.64. The average molecular weight is 260 g/mol. The summed E-state index contributed by atoms with van der Waals surface area (Å²) < 4.78 is 0. The highest BCUT2D eigenvalue weighted by Crippen LogP contribution is 2.28. The van der Waals surface area contributed by atoms with Gasteiger partial charge in [-0.15, -0.1) is 0 Å². The van der Waals surface area contributed by atoms with Crippen molar-refractivity contribution < 1.29 is 0 Å². The first kappa shape index (κ1) is 14.5. The van der Waals surface area contributed by atoms with Gasteiger partial charge in [0.1, 0.15) is 0 Å². The Bertz CT molecular complexity index is 411. The zero-order chi connectivity index (χ0) is 13.9. The lowest BCUT2D eigenvalue weighted by atomic mass is 9.79. The van der Waals surface area contributed by atoms with Crippen LogP contribution >= 0.6 is 0 Å². The van der Waals surface area contributed by atoms with Gasteiger partial charge in [-0.1, -0.05) is 51.5 Å². The molecule has 0 aromatic heterocycles. The molecule has 0 radical (unpaired) electrons. The van der Waals surface area contributed by atoms with E-state index in [-0.39, 0.29) is 5.41 Å². The molecule has 1 atom stereocenters. The first-order chi connectivity index (χ1) is 9.01. The van der Waals surface area contributed by atoms with Crippen LogP contribution < -0.4 is 5.73 Å². The molecule has 0 saturated carbocycles. The molecule has 106 valence electrons. The molecular weight excluding hydrogens is 232 g/mol. The van der Waals surface area contributed by atoms with E-state index >= 15 is 0 Å². The molecule has 0 bridgehead atoms. The van der Waals surface area contributed by atoms with Gasteiger partial charge in [-0.3, -0.25) is 4.90 Å².